The fraction of sp³-hybridized carbons (Fsp3) is 0.455. The molecule has 0 fully saturated rings. The monoisotopic (exact) mass is 279 g/mol. The van der Waals surface area contributed by atoms with Gasteiger partial charge in [-0.2, -0.15) is 0 Å². The van der Waals surface area contributed by atoms with Gasteiger partial charge in [0, 0.05) is 6.54 Å². The number of alkyl halides is 2. The van der Waals surface area contributed by atoms with E-state index >= 15 is 0 Å². The first-order valence-electron chi connectivity index (χ1n) is 5.27. The Morgan fingerprint density at radius 2 is 1.94 bits per heavy atom. The highest BCUT2D eigenvalue weighted by atomic mass is 32.2. The highest BCUT2D eigenvalue weighted by Crippen LogP contribution is 2.16. The maximum Gasteiger partial charge on any atom is 0.265 e. The summed E-state index contributed by atoms with van der Waals surface area (Å²) in [5.41, 5.74) is 1.42. The van der Waals surface area contributed by atoms with Gasteiger partial charge in [0.25, 0.3) is 6.43 Å². The molecule has 7 heteroatoms. The Morgan fingerprint density at radius 1 is 1.33 bits per heavy atom. The van der Waals surface area contributed by atoms with Gasteiger partial charge in [-0.15, -0.1) is 0 Å². The summed E-state index contributed by atoms with van der Waals surface area (Å²) < 4.78 is 49.7. The standard InChI is InChI=1S/C11H15F2NO3S/c1-7-3-4-10(8(2)5-7)18(16,17)14-6-9(15)11(12)13/h3-5,9,11,14-15H,6H2,1-2H3. The van der Waals surface area contributed by atoms with Crippen molar-refractivity contribution < 1.29 is 22.3 Å². The molecule has 1 rings (SSSR count). The Bertz CT molecular complexity index is 517. The van der Waals surface area contributed by atoms with Crippen LogP contribution in [0.2, 0.25) is 0 Å². The fourth-order valence-corrected chi connectivity index (χ4v) is 2.74. The second kappa shape index (κ2) is 5.73. The Balaban J connectivity index is 2.87. The molecule has 0 spiro atoms. The maximum atomic E-state index is 12.1. The Morgan fingerprint density at radius 3 is 2.44 bits per heavy atom. The third kappa shape index (κ3) is 3.72. The van der Waals surface area contributed by atoms with E-state index in [1.165, 1.54) is 6.07 Å². The fourth-order valence-electron chi connectivity index (χ4n) is 1.46. The zero-order valence-corrected chi connectivity index (χ0v) is 10.8. The first-order valence-corrected chi connectivity index (χ1v) is 6.75. The number of rotatable bonds is 5. The van der Waals surface area contributed by atoms with Crippen molar-refractivity contribution >= 4 is 10.0 Å². The van der Waals surface area contributed by atoms with Gasteiger partial charge in [-0.05, 0) is 25.5 Å². The van der Waals surface area contributed by atoms with Crippen LogP contribution in [0, 0.1) is 13.8 Å². The topological polar surface area (TPSA) is 66.4 Å². The SMILES string of the molecule is Cc1ccc(S(=O)(=O)NCC(O)C(F)F)c(C)c1. The molecule has 0 aliphatic rings. The van der Waals surface area contributed by atoms with Crippen LogP contribution in [0.1, 0.15) is 11.1 Å². The average Bonchev–Trinajstić information content (AvgIpc) is 2.25. The van der Waals surface area contributed by atoms with Crippen LogP contribution in [-0.4, -0.2) is 32.6 Å². The largest absolute Gasteiger partial charge is 0.386 e. The molecule has 2 N–H and O–H groups in total. The van der Waals surface area contributed by atoms with Crippen molar-refractivity contribution in [3.05, 3.63) is 29.3 Å². The quantitative estimate of drug-likeness (QED) is 0.851. The van der Waals surface area contributed by atoms with Gasteiger partial charge in [0.2, 0.25) is 10.0 Å². The number of hydrogen-bond donors (Lipinski definition) is 2. The molecule has 102 valence electrons. The molecule has 1 unspecified atom stereocenters. The van der Waals surface area contributed by atoms with Crippen molar-refractivity contribution in [1.29, 1.82) is 0 Å². The summed E-state index contributed by atoms with van der Waals surface area (Å²) >= 11 is 0. The zero-order valence-electron chi connectivity index (χ0n) is 10.0. The number of nitrogens with one attached hydrogen (secondary N) is 1. The summed E-state index contributed by atoms with van der Waals surface area (Å²) in [5.74, 6) is 0. The van der Waals surface area contributed by atoms with Crippen LogP contribution in [0.15, 0.2) is 23.1 Å². The van der Waals surface area contributed by atoms with Crippen molar-refractivity contribution in [3.8, 4) is 0 Å². The number of halogens is 2. The lowest BCUT2D eigenvalue weighted by Crippen LogP contribution is -2.36. The van der Waals surface area contributed by atoms with Gasteiger partial charge < -0.3 is 5.11 Å². The second-order valence-corrected chi connectivity index (χ2v) is 5.76. The first kappa shape index (κ1) is 15.0. The number of benzene rings is 1. The average molecular weight is 279 g/mol. The lowest BCUT2D eigenvalue weighted by molar-refractivity contribution is -0.000452. The minimum absolute atomic E-state index is 0.0227. The van der Waals surface area contributed by atoms with E-state index < -0.39 is 29.1 Å². The predicted molar refractivity (Wildman–Crippen MR) is 63.1 cm³/mol. The summed E-state index contributed by atoms with van der Waals surface area (Å²) in [6, 6.07) is 4.70. The van der Waals surface area contributed by atoms with Crippen LogP contribution < -0.4 is 4.72 Å². The number of sulfonamides is 1. The van der Waals surface area contributed by atoms with Crippen LogP contribution in [0.5, 0.6) is 0 Å². The van der Waals surface area contributed by atoms with E-state index in [2.05, 4.69) is 0 Å². The van der Waals surface area contributed by atoms with Crippen LogP contribution in [0.3, 0.4) is 0 Å². The summed E-state index contributed by atoms with van der Waals surface area (Å²) in [7, 11) is -3.88. The van der Waals surface area contributed by atoms with Gasteiger partial charge in [0.1, 0.15) is 6.10 Å². The van der Waals surface area contributed by atoms with Gasteiger partial charge in [-0.1, -0.05) is 17.7 Å². The lowest BCUT2D eigenvalue weighted by Gasteiger charge is -2.13. The van der Waals surface area contributed by atoms with E-state index in [0.717, 1.165) is 5.56 Å². The zero-order chi connectivity index (χ0) is 13.9. The molecule has 0 saturated carbocycles. The Hall–Kier alpha value is -1.05. The molecule has 18 heavy (non-hydrogen) atoms. The van der Waals surface area contributed by atoms with Crippen LogP contribution in [0.25, 0.3) is 0 Å². The van der Waals surface area contributed by atoms with E-state index in [0.29, 0.717) is 5.56 Å². The third-order valence-electron chi connectivity index (χ3n) is 2.39. The Labute approximate surface area is 105 Å². The summed E-state index contributed by atoms with van der Waals surface area (Å²) in [4.78, 5) is 0.0227. The minimum Gasteiger partial charge on any atom is -0.386 e. The van der Waals surface area contributed by atoms with Gasteiger partial charge in [-0.3, -0.25) is 0 Å². The normalized spacial score (nSPS) is 13.9. The Kier molecular flexibility index (Phi) is 4.78. The van der Waals surface area contributed by atoms with Crippen LogP contribution >= 0.6 is 0 Å². The van der Waals surface area contributed by atoms with Gasteiger partial charge in [0.15, 0.2) is 0 Å². The van der Waals surface area contributed by atoms with E-state index in [1.807, 2.05) is 11.6 Å². The molecule has 1 aromatic rings. The molecule has 0 heterocycles. The third-order valence-corrected chi connectivity index (χ3v) is 3.98. The molecule has 0 aliphatic carbocycles. The summed E-state index contributed by atoms with van der Waals surface area (Å²) in [6.45, 7) is 2.72. The van der Waals surface area contributed by atoms with Crippen molar-refractivity contribution in [2.24, 2.45) is 0 Å². The molecule has 0 bridgehead atoms. The minimum atomic E-state index is -3.88. The highest BCUT2D eigenvalue weighted by molar-refractivity contribution is 7.89. The molecular weight excluding hydrogens is 264 g/mol. The predicted octanol–water partition coefficient (Wildman–Crippen LogP) is 1.21. The van der Waals surface area contributed by atoms with Crippen LogP contribution in [-0.2, 0) is 10.0 Å². The molecule has 0 aliphatic heterocycles. The van der Waals surface area contributed by atoms with E-state index in [4.69, 9.17) is 5.11 Å². The van der Waals surface area contributed by atoms with Gasteiger partial charge in [0.05, 0.1) is 4.90 Å². The molecule has 1 aromatic carbocycles. The van der Waals surface area contributed by atoms with Crippen molar-refractivity contribution in [3.63, 3.8) is 0 Å². The summed E-state index contributed by atoms with van der Waals surface area (Å²) in [6.07, 6.45) is -4.99. The van der Waals surface area contributed by atoms with Gasteiger partial charge >= 0.3 is 0 Å². The van der Waals surface area contributed by atoms with E-state index in [1.54, 1.807) is 19.1 Å². The number of aliphatic hydroxyl groups excluding tert-OH is 1. The molecule has 1 atom stereocenters. The van der Waals surface area contributed by atoms with Crippen LogP contribution in [0.4, 0.5) is 8.78 Å². The second-order valence-electron chi connectivity index (χ2n) is 4.02. The molecule has 0 amide bonds. The van der Waals surface area contributed by atoms with Crippen molar-refractivity contribution in [1.82, 2.24) is 4.72 Å². The van der Waals surface area contributed by atoms with E-state index in [9.17, 15) is 17.2 Å². The number of aliphatic hydroxyl groups is 1. The number of aryl methyl sites for hydroxylation is 2. The molecule has 4 nitrogen and oxygen atoms in total. The molecule has 0 aromatic heterocycles. The van der Waals surface area contributed by atoms with Gasteiger partial charge in [-0.25, -0.2) is 21.9 Å². The summed E-state index contributed by atoms with van der Waals surface area (Å²) in [5, 5.41) is 8.87. The van der Waals surface area contributed by atoms with E-state index in [-0.39, 0.29) is 4.90 Å². The maximum absolute atomic E-state index is 12.1. The highest BCUT2D eigenvalue weighted by Gasteiger charge is 2.22. The molecule has 0 saturated heterocycles. The smallest absolute Gasteiger partial charge is 0.265 e. The van der Waals surface area contributed by atoms with Crippen molar-refractivity contribution in [2.75, 3.05) is 6.54 Å². The number of hydrogen-bond acceptors (Lipinski definition) is 3. The first-order chi connectivity index (χ1) is 8.24. The lowest BCUT2D eigenvalue weighted by atomic mass is 10.2. The molecular formula is C11H15F2NO3S. The molecule has 0 radical (unpaired) electrons. The van der Waals surface area contributed by atoms with Crippen molar-refractivity contribution in [2.45, 2.75) is 31.3 Å².